The van der Waals surface area contributed by atoms with Crippen LogP contribution < -0.4 is 10.5 Å². The van der Waals surface area contributed by atoms with Crippen molar-refractivity contribution >= 4 is 27.5 Å². The highest BCUT2D eigenvalue weighted by Gasteiger charge is 2.33. The van der Waals surface area contributed by atoms with Crippen molar-refractivity contribution in [2.45, 2.75) is 51.9 Å². The lowest BCUT2D eigenvalue weighted by molar-refractivity contribution is -0.160. The highest BCUT2D eigenvalue weighted by Crippen LogP contribution is 2.42. The number of ether oxygens (including phenoxy) is 2. The first-order valence-electron chi connectivity index (χ1n) is 11.9. The minimum Gasteiger partial charge on any atom is -0.488 e. The number of fused-ring (bicyclic) bond motifs is 5. The van der Waals surface area contributed by atoms with E-state index in [2.05, 4.69) is 48.5 Å². The molecular formula is C30H31NO3. The van der Waals surface area contributed by atoms with E-state index in [0.717, 1.165) is 44.0 Å². The Labute approximate surface area is 200 Å². The zero-order chi connectivity index (χ0) is 23.9. The number of hydrogen-bond acceptors (Lipinski definition) is 4. The van der Waals surface area contributed by atoms with E-state index in [1.807, 2.05) is 45.0 Å². The van der Waals surface area contributed by atoms with Crippen LogP contribution in [0, 0.1) is 5.92 Å². The lowest BCUT2D eigenvalue weighted by atomic mass is 9.78. The van der Waals surface area contributed by atoms with Crippen LogP contribution >= 0.6 is 0 Å². The van der Waals surface area contributed by atoms with Gasteiger partial charge < -0.3 is 15.2 Å². The maximum absolute atomic E-state index is 12.9. The average molecular weight is 454 g/mol. The fourth-order valence-electron chi connectivity index (χ4n) is 4.98. The molecule has 1 aliphatic carbocycles. The number of carbonyl (C=O) groups excluding carboxylic acids is 1. The molecule has 1 aliphatic rings. The Kier molecular flexibility index (Phi) is 5.78. The molecule has 2 unspecified atom stereocenters. The van der Waals surface area contributed by atoms with Crippen molar-refractivity contribution in [3.05, 3.63) is 89.5 Å². The molecular weight excluding hydrogens is 422 g/mol. The van der Waals surface area contributed by atoms with Crippen LogP contribution in [0.5, 0.6) is 5.75 Å². The molecule has 4 nitrogen and oxygen atoms in total. The second kappa shape index (κ2) is 8.77. The number of hydrogen-bond donors (Lipinski definition) is 1. The van der Waals surface area contributed by atoms with Crippen LogP contribution in [0.3, 0.4) is 0 Å². The molecule has 4 aromatic rings. The van der Waals surface area contributed by atoms with Gasteiger partial charge in [0.05, 0.1) is 5.92 Å². The zero-order valence-electron chi connectivity index (χ0n) is 20.0. The topological polar surface area (TPSA) is 61.5 Å². The predicted molar refractivity (Wildman–Crippen MR) is 137 cm³/mol. The van der Waals surface area contributed by atoms with Crippen molar-refractivity contribution < 1.29 is 14.3 Å². The Hall–Kier alpha value is -3.37. The molecule has 0 spiro atoms. The predicted octanol–water partition coefficient (Wildman–Crippen LogP) is 6.48. The number of rotatable bonds is 4. The van der Waals surface area contributed by atoms with Crippen LogP contribution in [0.4, 0.5) is 0 Å². The van der Waals surface area contributed by atoms with Gasteiger partial charge >= 0.3 is 5.97 Å². The average Bonchev–Trinajstić information content (AvgIpc) is 2.82. The summed E-state index contributed by atoms with van der Waals surface area (Å²) in [5.41, 5.74) is 9.41. The number of carbonyl (C=O) groups is 1. The first kappa shape index (κ1) is 22.4. The summed E-state index contributed by atoms with van der Waals surface area (Å²) < 4.78 is 12.1. The van der Waals surface area contributed by atoms with Crippen LogP contribution in [0.25, 0.3) is 21.5 Å². The normalized spacial score (nSPS) is 18.0. The molecule has 4 heteroatoms. The maximum Gasteiger partial charge on any atom is 0.309 e. The van der Waals surface area contributed by atoms with E-state index in [1.54, 1.807) is 0 Å². The van der Waals surface area contributed by atoms with Crippen molar-refractivity contribution in [1.29, 1.82) is 0 Å². The zero-order valence-corrected chi connectivity index (χ0v) is 20.0. The van der Waals surface area contributed by atoms with Gasteiger partial charge in [0.2, 0.25) is 0 Å². The summed E-state index contributed by atoms with van der Waals surface area (Å²) in [4.78, 5) is 12.9. The third-order valence-electron chi connectivity index (χ3n) is 6.52. The lowest BCUT2D eigenvalue weighted by Gasteiger charge is -2.31. The summed E-state index contributed by atoms with van der Waals surface area (Å²) in [6.07, 6.45) is 1.21. The van der Waals surface area contributed by atoms with Gasteiger partial charge in [-0.25, -0.2) is 0 Å². The molecule has 0 bridgehead atoms. The lowest BCUT2D eigenvalue weighted by Crippen LogP contribution is -2.34. The van der Waals surface area contributed by atoms with Gasteiger partial charge in [-0.15, -0.1) is 0 Å². The van der Waals surface area contributed by atoms with Crippen molar-refractivity contribution in [2.75, 3.05) is 0 Å². The Morgan fingerprint density at radius 3 is 2.32 bits per heavy atom. The fourth-order valence-corrected chi connectivity index (χ4v) is 4.98. The molecule has 0 radical (unpaired) electrons. The Bertz CT molecular complexity index is 1350. The van der Waals surface area contributed by atoms with Gasteiger partial charge in [0.25, 0.3) is 0 Å². The molecule has 4 aromatic carbocycles. The number of esters is 1. The van der Waals surface area contributed by atoms with Gasteiger partial charge in [0.15, 0.2) is 0 Å². The maximum atomic E-state index is 12.9. The Morgan fingerprint density at radius 1 is 0.912 bits per heavy atom. The minimum absolute atomic E-state index is 0.174. The summed E-state index contributed by atoms with van der Waals surface area (Å²) in [5, 5.41) is 4.47. The summed E-state index contributed by atoms with van der Waals surface area (Å²) in [6.45, 7) is 6.20. The smallest absolute Gasteiger partial charge is 0.309 e. The molecule has 2 N–H and O–H groups in total. The molecule has 0 fully saturated rings. The molecule has 0 heterocycles. The van der Waals surface area contributed by atoms with Crippen molar-refractivity contribution in [2.24, 2.45) is 11.7 Å². The first-order chi connectivity index (χ1) is 16.3. The van der Waals surface area contributed by atoms with E-state index in [-0.39, 0.29) is 17.9 Å². The summed E-state index contributed by atoms with van der Waals surface area (Å²) in [5.74, 6) is 0.410. The van der Waals surface area contributed by atoms with Gasteiger partial charge in [0, 0.05) is 11.4 Å². The summed E-state index contributed by atoms with van der Waals surface area (Å²) in [7, 11) is 0. The first-order valence-corrected chi connectivity index (χ1v) is 11.9. The second-order valence-electron chi connectivity index (χ2n) is 10.2. The van der Waals surface area contributed by atoms with E-state index >= 15 is 0 Å². The molecule has 5 rings (SSSR count). The van der Waals surface area contributed by atoms with Crippen LogP contribution in [0.1, 0.15) is 49.9 Å². The Balaban J connectivity index is 1.60. The highest BCUT2D eigenvalue weighted by atomic mass is 16.6. The summed E-state index contributed by atoms with van der Waals surface area (Å²) in [6, 6.07) is 24.7. The van der Waals surface area contributed by atoms with E-state index in [1.165, 1.54) is 0 Å². The summed E-state index contributed by atoms with van der Waals surface area (Å²) >= 11 is 0. The Morgan fingerprint density at radius 2 is 1.59 bits per heavy atom. The second-order valence-corrected chi connectivity index (χ2v) is 10.2. The van der Waals surface area contributed by atoms with E-state index in [4.69, 9.17) is 15.2 Å². The van der Waals surface area contributed by atoms with E-state index < -0.39 is 5.60 Å². The number of benzene rings is 4. The molecule has 0 saturated carbocycles. The third-order valence-corrected chi connectivity index (χ3v) is 6.52. The van der Waals surface area contributed by atoms with Gasteiger partial charge in [0.1, 0.15) is 18.0 Å². The molecule has 0 amide bonds. The monoisotopic (exact) mass is 453 g/mol. The number of nitrogens with two attached hydrogens (primary N) is 1. The van der Waals surface area contributed by atoms with E-state index in [0.29, 0.717) is 19.4 Å². The fraction of sp³-hybridized carbons (Fsp3) is 0.300. The molecule has 2 atom stereocenters. The molecule has 0 saturated heterocycles. The van der Waals surface area contributed by atoms with Crippen LogP contribution in [0.15, 0.2) is 72.8 Å². The minimum atomic E-state index is -0.519. The molecule has 0 aliphatic heterocycles. The van der Waals surface area contributed by atoms with Crippen molar-refractivity contribution in [3.63, 3.8) is 0 Å². The molecule has 0 aromatic heterocycles. The molecule has 34 heavy (non-hydrogen) atoms. The van der Waals surface area contributed by atoms with Crippen molar-refractivity contribution in [3.8, 4) is 5.75 Å². The standard InChI is InChI=1S/C30H31NO3/c1-30(2,3)34-29(32)20-15-25-23(27(31)16-20)14-13-22-21-11-7-8-12-24(21)28(17-26(22)25)33-18-19-9-5-4-6-10-19/h4-14,17,20,27H,15-16,18,31H2,1-3H3. The highest BCUT2D eigenvalue weighted by molar-refractivity contribution is 6.11. The van der Waals surface area contributed by atoms with Gasteiger partial charge in [-0.2, -0.15) is 0 Å². The van der Waals surface area contributed by atoms with Gasteiger partial charge in [-0.3, -0.25) is 4.79 Å². The largest absolute Gasteiger partial charge is 0.488 e. The quantitative estimate of drug-likeness (QED) is 0.284. The SMILES string of the molecule is CC(C)(C)OC(=O)C1Cc2c(ccc3c2cc(OCc2ccccc2)c2ccccc23)C(N)C1. The van der Waals surface area contributed by atoms with Gasteiger partial charge in [-0.1, -0.05) is 66.7 Å². The van der Waals surface area contributed by atoms with E-state index in [9.17, 15) is 4.79 Å². The van der Waals surface area contributed by atoms with Crippen LogP contribution in [0.2, 0.25) is 0 Å². The third kappa shape index (κ3) is 4.38. The van der Waals surface area contributed by atoms with Crippen molar-refractivity contribution in [1.82, 2.24) is 0 Å². The van der Waals surface area contributed by atoms with Crippen LogP contribution in [-0.2, 0) is 22.6 Å². The van der Waals surface area contributed by atoms with Crippen LogP contribution in [-0.4, -0.2) is 11.6 Å². The molecule has 174 valence electrons. The van der Waals surface area contributed by atoms with Gasteiger partial charge in [-0.05, 0) is 72.5 Å².